The molecule has 5 heteroatoms. The predicted octanol–water partition coefficient (Wildman–Crippen LogP) is 2.43. The maximum atomic E-state index is 13.1. The van der Waals surface area contributed by atoms with Gasteiger partial charge in [0.25, 0.3) is 0 Å². The van der Waals surface area contributed by atoms with Crippen LogP contribution in [0.5, 0.6) is 5.75 Å². The summed E-state index contributed by atoms with van der Waals surface area (Å²) in [6.07, 6.45) is 0. The van der Waals surface area contributed by atoms with Crippen molar-refractivity contribution in [2.45, 2.75) is 5.33 Å². The Morgan fingerprint density at radius 2 is 2.29 bits per heavy atom. The third kappa shape index (κ3) is 2.04. The first-order chi connectivity index (χ1) is 6.60. The van der Waals surface area contributed by atoms with E-state index in [1.807, 2.05) is 0 Å². The molecule has 0 aliphatic heterocycles. The van der Waals surface area contributed by atoms with Crippen LogP contribution in [0.1, 0.15) is 15.9 Å². The third-order valence-electron chi connectivity index (χ3n) is 1.75. The Bertz CT molecular complexity index is 365. The van der Waals surface area contributed by atoms with Crippen LogP contribution < -0.4 is 4.74 Å². The summed E-state index contributed by atoms with van der Waals surface area (Å²) in [6.45, 7) is 0. The van der Waals surface area contributed by atoms with Crippen LogP contribution in [0.15, 0.2) is 12.1 Å². The lowest BCUT2D eigenvalue weighted by Crippen LogP contribution is -2.03. The van der Waals surface area contributed by atoms with Gasteiger partial charge in [-0.15, -0.1) is 0 Å². The summed E-state index contributed by atoms with van der Waals surface area (Å²) >= 11 is 3.12. The van der Waals surface area contributed by atoms with E-state index in [0.29, 0.717) is 10.9 Å². The number of carboxylic acid groups (broad SMARTS) is 1. The van der Waals surface area contributed by atoms with Crippen LogP contribution in [0.3, 0.4) is 0 Å². The lowest BCUT2D eigenvalue weighted by Gasteiger charge is -2.07. The Labute approximate surface area is 88.6 Å². The van der Waals surface area contributed by atoms with Crippen molar-refractivity contribution in [3.63, 3.8) is 0 Å². The average molecular weight is 263 g/mol. The van der Waals surface area contributed by atoms with E-state index in [-0.39, 0.29) is 11.3 Å². The topological polar surface area (TPSA) is 46.5 Å². The van der Waals surface area contributed by atoms with Gasteiger partial charge < -0.3 is 9.84 Å². The van der Waals surface area contributed by atoms with E-state index in [4.69, 9.17) is 9.84 Å². The molecular weight excluding hydrogens is 255 g/mol. The first-order valence-corrected chi connectivity index (χ1v) is 4.88. The molecule has 0 aliphatic rings. The Balaban J connectivity index is 3.31. The van der Waals surface area contributed by atoms with Crippen LogP contribution in [0.4, 0.5) is 4.39 Å². The molecule has 0 saturated carbocycles. The van der Waals surface area contributed by atoms with Crippen LogP contribution in [-0.2, 0) is 5.33 Å². The third-order valence-corrected chi connectivity index (χ3v) is 2.36. The number of methoxy groups -OCH3 is 1. The number of aromatic carboxylic acids is 1. The van der Waals surface area contributed by atoms with Gasteiger partial charge >= 0.3 is 5.97 Å². The van der Waals surface area contributed by atoms with Gasteiger partial charge in [0.2, 0.25) is 0 Å². The van der Waals surface area contributed by atoms with Gasteiger partial charge in [-0.1, -0.05) is 15.9 Å². The van der Waals surface area contributed by atoms with Crippen molar-refractivity contribution in [1.82, 2.24) is 0 Å². The summed E-state index contributed by atoms with van der Waals surface area (Å²) < 4.78 is 17.9. The molecule has 3 nitrogen and oxygen atoms in total. The molecule has 0 aromatic heterocycles. The van der Waals surface area contributed by atoms with Gasteiger partial charge in [-0.2, -0.15) is 0 Å². The Hall–Kier alpha value is -1.10. The summed E-state index contributed by atoms with van der Waals surface area (Å²) in [7, 11) is 1.33. The second kappa shape index (κ2) is 4.41. The van der Waals surface area contributed by atoms with E-state index in [1.165, 1.54) is 13.2 Å². The summed E-state index contributed by atoms with van der Waals surface area (Å²) in [5.41, 5.74) is 0.427. The molecule has 0 amide bonds. The van der Waals surface area contributed by atoms with Crippen molar-refractivity contribution in [3.05, 3.63) is 29.1 Å². The van der Waals surface area contributed by atoms with E-state index in [9.17, 15) is 9.18 Å². The summed E-state index contributed by atoms with van der Waals surface area (Å²) in [4.78, 5) is 10.7. The Morgan fingerprint density at radius 1 is 1.64 bits per heavy atom. The monoisotopic (exact) mass is 262 g/mol. The zero-order chi connectivity index (χ0) is 10.7. The van der Waals surface area contributed by atoms with Crippen molar-refractivity contribution < 1.29 is 19.0 Å². The standard InChI is InChI=1S/C9H8BrFO3/c1-14-8-2-5(4-10)6(9(12)13)3-7(8)11/h2-3H,4H2,1H3,(H,12,13). The molecule has 0 unspecified atom stereocenters. The number of alkyl halides is 1. The summed E-state index contributed by atoms with van der Waals surface area (Å²) in [5, 5.41) is 9.10. The first kappa shape index (κ1) is 11.0. The molecule has 1 rings (SSSR count). The number of carbonyl (C=O) groups is 1. The largest absolute Gasteiger partial charge is 0.494 e. The zero-order valence-corrected chi connectivity index (χ0v) is 8.97. The predicted molar refractivity (Wildman–Crippen MR) is 52.5 cm³/mol. The maximum Gasteiger partial charge on any atom is 0.336 e. The highest BCUT2D eigenvalue weighted by molar-refractivity contribution is 9.08. The van der Waals surface area contributed by atoms with Crippen molar-refractivity contribution in [2.24, 2.45) is 0 Å². The van der Waals surface area contributed by atoms with Crippen LogP contribution >= 0.6 is 15.9 Å². The Morgan fingerprint density at radius 3 is 2.71 bits per heavy atom. The molecule has 0 bridgehead atoms. The lowest BCUT2D eigenvalue weighted by molar-refractivity contribution is 0.0695. The first-order valence-electron chi connectivity index (χ1n) is 3.75. The number of carboxylic acids is 1. The summed E-state index contributed by atoms with van der Waals surface area (Å²) in [6, 6.07) is 2.32. The van der Waals surface area contributed by atoms with E-state index >= 15 is 0 Å². The number of hydrogen-bond acceptors (Lipinski definition) is 2. The van der Waals surface area contributed by atoms with Crippen molar-refractivity contribution in [2.75, 3.05) is 7.11 Å². The van der Waals surface area contributed by atoms with Gasteiger partial charge in [-0.3, -0.25) is 0 Å². The van der Waals surface area contributed by atoms with Crippen molar-refractivity contribution >= 4 is 21.9 Å². The highest BCUT2D eigenvalue weighted by atomic mass is 79.9. The molecule has 1 aromatic carbocycles. The number of halogens is 2. The molecule has 1 aromatic rings. The smallest absolute Gasteiger partial charge is 0.336 e. The van der Waals surface area contributed by atoms with Crippen molar-refractivity contribution in [3.8, 4) is 5.75 Å². The molecule has 0 atom stereocenters. The quantitative estimate of drug-likeness (QED) is 0.852. The van der Waals surface area contributed by atoms with Gasteiger partial charge in [-0.25, -0.2) is 9.18 Å². The molecule has 0 saturated heterocycles. The zero-order valence-electron chi connectivity index (χ0n) is 7.38. The normalized spacial score (nSPS) is 9.93. The molecule has 0 aliphatic carbocycles. The second-order valence-electron chi connectivity index (χ2n) is 2.58. The minimum Gasteiger partial charge on any atom is -0.494 e. The highest BCUT2D eigenvalue weighted by Crippen LogP contribution is 2.23. The van der Waals surface area contributed by atoms with Gasteiger partial charge in [0.05, 0.1) is 12.7 Å². The van der Waals surface area contributed by atoms with Gasteiger partial charge in [0, 0.05) is 5.33 Å². The fourth-order valence-electron chi connectivity index (χ4n) is 1.06. The van der Waals surface area contributed by atoms with Crippen LogP contribution in [0.2, 0.25) is 0 Å². The average Bonchev–Trinajstić information content (AvgIpc) is 2.17. The molecule has 0 spiro atoms. The number of ether oxygens (including phenoxy) is 1. The molecule has 0 fully saturated rings. The highest BCUT2D eigenvalue weighted by Gasteiger charge is 2.14. The Kier molecular flexibility index (Phi) is 3.46. The SMILES string of the molecule is COc1cc(CBr)c(C(=O)O)cc1F. The molecule has 0 heterocycles. The maximum absolute atomic E-state index is 13.1. The minimum atomic E-state index is -1.15. The number of rotatable bonds is 3. The molecule has 76 valence electrons. The lowest BCUT2D eigenvalue weighted by atomic mass is 10.1. The fraction of sp³-hybridized carbons (Fsp3) is 0.222. The van der Waals surface area contributed by atoms with E-state index in [2.05, 4.69) is 15.9 Å². The second-order valence-corrected chi connectivity index (χ2v) is 3.14. The van der Waals surface area contributed by atoms with E-state index in [1.54, 1.807) is 0 Å². The van der Waals surface area contributed by atoms with Crippen LogP contribution in [-0.4, -0.2) is 18.2 Å². The van der Waals surface area contributed by atoms with Gasteiger partial charge in [0.1, 0.15) is 0 Å². The number of hydrogen-bond donors (Lipinski definition) is 1. The van der Waals surface area contributed by atoms with Crippen LogP contribution in [0.25, 0.3) is 0 Å². The minimum absolute atomic E-state index is 0.0458. The molecule has 1 N–H and O–H groups in total. The van der Waals surface area contributed by atoms with Gasteiger partial charge in [0.15, 0.2) is 11.6 Å². The van der Waals surface area contributed by atoms with Gasteiger partial charge in [-0.05, 0) is 17.7 Å². The number of benzene rings is 1. The fourth-order valence-corrected chi connectivity index (χ4v) is 1.53. The van der Waals surface area contributed by atoms with E-state index < -0.39 is 11.8 Å². The summed E-state index contributed by atoms with van der Waals surface area (Å²) in [5.74, 6) is -1.78. The molecular formula is C9H8BrFO3. The van der Waals surface area contributed by atoms with Crippen molar-refractivity contribution in [1.29, 1.82) is 0 Å². The van der Waals surface area contributed by atoms with E-state index in [0.717, 1.165) is 6.07 Å². The molecule has 0 radical (unpaired) electrons. The van der Waals surface area contributed by atoms with Crippen LogP contribution in [0, 0.1) is 5.82 Å². The molecule has 14 heavy (non-hydrogen) atoms.